The van der Waals surface area contributed by atoms with Crippen molar-refractivity contribution in [3.05, 3.63) is 24.3 Å². The maximum atomic E-state index is 3.36. The minimum absolute atomic E-state index is 0.429. The predicted molar refractivity (Wildman–Crippen MR) is 79.5 cm³/mol. The summed E-state index contributed by atoms with van der Waals surface area (Å²) in [5.41, 5.74) is 0. The quantitative estimate of drug-likeness (QED) is 0.528. The van der Waals surface area contributed by atoms with Gasteiger partial charge in [-0.25, -0.2) is 0 Å². The molecule has 3 heteroatoms. The van der Waals surface area contributed by atoms with Crippen LogP contribution in [0.4, 0.5) is 0 Å². The van der Waals surface area contributed by atoms with Crippen molar-refractivity contribution in [2.75, 3.05) is 33.7 Å². The maximum Gasteiger partial charge on any atom is 0.116 e. The second kappa shape index (κ2) is 9.31. The topological polar surface area (TPSA) is 18.5 Å². The number of hydrogen-bond acceptors (Lipinski definition) is 3. The minimum atomic E-state index is 0.429. The first-order valence-corrected chi connectivity index (χ1v) is 7.22. The zero-order valence-corrected chi connectivity index (χ0v) is 12.2. The third-order valence-electron chi connectivity index (χ3n) is 3.42. The first kappa shape index (κ1) is 15.4. The Morgan fingerprint density at radius 1 is 1.17 bits per heavy atom. The van der Waals surface area contributed by atoms with E-state index in [4.69, 9.17) is 0 Å². The zero-order chi connectivity index (χ0) is 13.2. The van der Waals surface area contributed by atoms with Crippen molar-refractivity contribution in [3.63, 3.8) is 0 Å². The summed E-state index contributed by atoms with van der Waals surface area (Å²) in [6, 6.07) is 0. The Labute approximate surface area is 113 Å². The highest BCUT2D eigenvalue weighted by molar-refractivity contribution is 5.02. The van der Waals surface area contributed by atoms with E-state index in [-0.39, 0.29) is 0 Å². The third-order valence-corrected chi connectivity index (χ3v) is 3.42. The van der Waals surface area contributed by atoms with E-state index in [2.05, 4.69) is 53.4 Å². The van der Waals surface area contributed by atoms with Gasteiger partial charge in [-0.15, -0.1) is 0 Å². The molecule has 0 saturated carbocycles. The molecule has 3 nitrogen and oxygen atoms in total. The summed E-state index contributed by atoms with van der Waals surface area (Å²) in [5, 5.41) is 3.36. The fourth-order valence-corrected chi connectivity index (χ4v) is 2.38. The van der Waals surface area contributed by atoms with E-state index in [1.54, 1.807) is 0 Å². The number of hydrogen-bond donors (Lipinski definition) is 1. The van der Waals surface area contributed by atoms with Crippen LogP contribution < -0.4 is 5.32 Å². The van der Waals surface area contributed by atoms with Gasteiger partial charge in [0.15, 0.2) is 0 Å². The second-order valence-corrected chi connectivity index (χ2v) is 4.97. The molecule has 1 fully saturated rings. The average Bonchev–Trinajstić information content (AvgIpc) is 2.73. The highest BCUT2D eigenvalue weighted by atomic mass is 15.5. The summed E-state index contributed by atoms with van der Waals surface area (Å²) < 4.78 is 0. The molecule has 1 atom stereocenters. The van der Waals surface area contributed by atoms with Crippen molar-refractivity contribution in [2.24, 2.45) is 0 Å². The van der Waals surface area contributed by atoms with Gasteiger partial charge in [-0.3, -0.25) is 15.1 Å². The molecule has 1 aliphatic heterocycles. The summed E-state index contributed by atoms with van der Waals surface area (Å²) in [7, 11) is 4.22. The fraction of sp³-hybridized carbons (Fsp3) is 0.733. The monoisotopic (exact) mass is 251 g/mol. The van der Waals surface area contributed by atoms with Crippen LogP contribution in [-0.4, -0.2) is 49.8 Å². The SMILES string of the molecule is CCC/C=C/C=C/CCCN1CCN(C)C1NC. The summed E-state index contributed by atoms with van der Waals surface area (Å²) in [6.07, 6.45) is 14.1. The molecular formula is C15H29N3. The van der Waals surface area contributed by atoms with E-state index < -0.39 is 0 Å². The zero-order valence-electron chi connectivity index (χ0n) is 12.2. The van der Waals surface area contributed by atoms with Crippen molar-refractivity contribution in [3.8, 4) is 0 Å². The van der Waals surface area contributed by atoms with Gasteiger partial charge in [-0.05, 0) is 33.4 Å². The van der Waals surface area contributed by atoms with Gasteiger partial charge in [0.25, 0.3) is 0 Å². The third kappa shape index (κ3) is 5.34. The first-order chi connectivity index (χ1) is 8.79. The minimum Gasteiger partial charge on any atom is -0.292 e. The Balaban J connectivity index is 2.11. The summed E-state index contributed by atoms with van der Waals surface area (Å²) in [4.78, 5) is 4.88. The Bertz CT molecular complexity index is 260. The van der Waals surface area contributed by atoms with Crippen LogP contribution in [-0.2, 0) is 0 Å². The van der Waals surface area contributed by atoms with Gasteiger partial charge in [0, 0.05) is 19.6 Å². The lowest BCUT2D eigenvalue weighted by atomic mass is 10.2. The lowest BCUT2D eigenvalue weighted by molar-refractivity contribution is 0.131. The van der Waals surface area contributed by atoms with Crippen LogP contribution in [0.5, 0.6) is 0 Å². The number of unbranched alkanes of at least 4 members (excludes halogenated alkanes) is 2. The molecule has 1 unspecified atom stereocenters. The van der Waals surface area contributed by atoms with Gasteiger partial charge in [0.1, 0.15) is 6.29 Å². The van der Waals surface area contributed by atoms with E-state index in [1.165, 1.54) is 45.3 Å². The number of allylic oxidation sites excluding steroid dienone is 4. The van der Waals surface area contributed by atoms with Crippen molar-refractivity contribution in [1.29, 1.82) is 0 Å². The number of nitrogens with zero attached hydrogens (tertiary/aromatic N) is 2. The Morgan fingerprint density at radius 2 is 1.89 bits per heavy atom. The normalized spacial score (nSPS) is 22.7. The largest absolute Gasteiger partial charge is 0.292 e. The number of likely N-dealkylation sites (N-methyl/N-ethyl adjacent to an activating group) is 1. The molecule has 18 heavy (non-hydrogen) atoms. The van der Waals surface area contributed by atoms with Crippen LogP contribution in [0, 0.1) is 0 Å². The molecule has 1 N–H and O–H groups in total. The van der Waals surface area contributed by atoms with Crippen molar-refractivity contribution in [2.45, 2.75) is 38.9 Å². The first-order valence-electron chi connectivity index (χ1n) is 7.22. The van der Waals surface area contributed by atoms with Crippen LogP contribution in [0.15, 0.2) is 24.3 Å². The molecule has 0 bridgehead atoms. The Hall–Kier alpha value is -0.640. The van der Waals surface area contributed by atoms with Crippen LogP contribution in [0.1, 0.15) is 32.6 Å². The van der Waals surface area contributed by atoms with Crippen molar-refractivity contribution in [1.82, 2.24) is 15.1 Å². The molecular weight excluding hydrogens is 222 g/mol. The Morgan fingerprint density at radius 3 is 2.56 bits per heavy atom. The number of rotatable bonds is 8. The second-order valence-electron chi connectivity index (χ2n) is 4.97. The van der Waals surface area contributed by atoms with Gasteiger partial charge < -0.3 is 0 Å². The fourth-order valence-electron chi connectivity index (χ4n) is 2.38. The molecule has 0 amide bonds. The van der Waals surface area contributed by atoms with Gasteiger partial charge in [-0.2, -0.15) is 0 Å². The lowest BCUT2D eigenvalue weighted by Gasteiger charge is -2.27. The molecule has 1 rings (SSSR count). The standard InChI is InChI=1S/C15H29N3/c1-4-5-6-7-8-9-10-11-12-18-14-13-17(3)15(18)16-2/h6-9,15-16H,4-5,10-14H2,1-3H3/b7-6+,9-8+. The Kier molecular flexibility index (Phi) is 7.98. The average molecular weight is 251 g/mol. The van der Waals surface area contributed by atoms with Gasteiger partial charge in [-0.1, -0.05) is 37.6 Å². The molecule has 1 saturated heterocycles. The van der Waals surface area contributed by atoms with Crippen LogP contribution in [0.25, 0.3) is 0 Å². The van der Waals surface area contributed by atoms with E-state index in [0.29, 0.717) is 6.29 Å². The van der Waals surface area contributed by atoms with Crippen molar-refractivity contribution < 1.29 is 0 Å². The number of nitrogens with one attached hydrogen (secondary N) is 1. The van der Waals surface area contributed by atoms with Gasteiger partial charge >= 0.3 is 0 Å². The molecule has 1 aliphatic rings. The van der Waals surface area contributed by atoms with E-state index in [1.807, 2.05) is 7.05 Å². The molecule has 0 aromatic carbocycles. The predicted octanol–water partition coefficient (Wildman–Crippen LogP) is 2.43. The molecule has 1 heterocycles. The van der Waals surface area contributed by atoms with Gasteiger partial charge in [0.2, 0.25) is 0 Å². The van der Waals surface area contributed by atoms with Crippen LogP contribution in [0.3, 0.4) is 0 Å². The smallest absolute Gasteiger partial charge is 0.116 e. The van der Waals surface area contributed by atoms with E-state index in [0.717, 1.165) is 0 Å². The molecule has 0 aliphatic carbocycles. The molecule has 0 radical (unpaired) electrons. The van der Waals surface area contributed by atoms with Crippen LogP contribution >= 0.6 is 0 Å². The molecule has 0 spiro atoms. The highest BCUT2D eigenvalue weighted by Crippen LogP contribution is 2.10. The summed E-state index contributed by atoms with van der Waals surface area (Å²) >= 11 is 0. The summed E-state index contributed by atoms with van der Waals surface area (Å²) in [5.74, 6) is 0. The highest BCUT2D eigenvalue weighted by Gasteiger charge is 2.26. The van der Waals surface area contributed by atoms with Crippen LogP contribution in [0.2, 0.25) is 0 Å². The summed E-state index contributed by atoms with van der Waals surface area (Å²) in [6.45, 7) is 5.74. The molecule has 0 aromatic heterocycles. The molecule has 104 valence electrons. The molecule has 0 aromatic rings. The maximum absolute atomic E-state index is 3.36. The van der Waals surface area contributed by atoms with E-state index >= 15 is 0 Å². The van der Waals surface area contributed by atoms with E-state index in [9.17, 15) is 0 Å². The van der Waals surface area contributed by atoms with Crippen molar-refractivity contribution >= 4 is 0 Å². The van der Waals surface area contributed by atoms with Gasteiger partial charge in [0.05, 0.1) is 0 Å². The lowest BCUT2D eigenvalue weighted by Crippen LogP contribution is -2.46.